The van der Waals surface area contributed by atoms with E-state index in [1.54, 1.807) is 73.7 Å². The quantitative estimate of drug-likeness (QED) is 0.101. The highest BCUT2D eigenvalue weighted by atomic mass is 16.5. The monoisotopic (exact) mass is 461 g/mol. The number of nitrogens with two attached hydrogens (primary N) is 1. The number of benzene rings is 2. The van der Waals surface area contributed by atoms with Crippen LogP contribution < -0.4 is 10.5 Å². The van der Waals surface area contributed by atoms with Gasteiger partial charge in [-0.05, 0) is 48.9 Å². The highest BCUT2D eigenvalue weighted by molar-refractivity contribution is 5.95. The Labute approximate surface area is 198 Å². The van der Waals surface area contributed by atoms with E-state index >= 15 is 0 Å². The molecule has 0 atom stereocenters. The first-order valence-electron chi connectivity index (χ1n) is 10.5. The fourth-order valence-electron chi connectivity index (χ4n) is 2.76. The second-order valence-electron chi connectivity index (χ2n) is 6.98. The maximum atomic E-state index is 12.3. The number of rotatable bonds is 11. The molecule has 0 unspecified atom stereocenters. The van der Waals surface area contributed by atoms with Crippen molar-refractivity contribution in [3.8, 4) is 5.75 Å². The molecule has 8 heteroatoms. The van der Waals surface area contributed by atoms with Crippen LogP contribution in [0.4, 0.5) is 0 Å². The normalized spacial score (nSPS) is 10.7. The summed E-state index contributed by atoms with van der Waals surface area (Å²) in [6, 6.07) is 13.1. The fraction of sp³-hybridized carbons (Fsp3) is 0.154. The number of nitrogens with one attached hydrogen (secondary N) is 1. The molecule has 2 aromatic rings. The largest absolute Gasteiger partial charge is 0.465 e. The zero-order valence-electron chi connectivity index (χ0n) is 18.9. The van der Waals surface area contributed by atoms with Gasteiger partial charge in [0.15, 0.2) is 0 Å². The minimum Gasteiger partial charge on any atom is -0.465 e. The number of hydrogen-bond acceptors (Lipinski definition) is 6. The first-order valence-corrected chi connectivity index (χ1v) is 10.5. The van der Waals surface area contributed by atoms with Gasteiger partial charge in [0.2, 0.25) is 5.91 Å². The number of ether oxygens (including phenoxy) is 2. The van der Waals surface area contributed by atoms with E-state index in [1.165, 1.54) is 17.1 Å². The third-order valence-electron chi connectivity index (χ3n) is 4.45. The zero-order valence-corrected chi connectivity index (χ0v) is 18.9. The Kier molecular flexibility index (Phi) is 9.99. The molecule has 0 aliphatic heterocycles. The molecule has 2 rings (SSSR count). The number of amides is 1. The summed E-state index contributed by atoms with van der Waals surface area (Å²) in [5, 5.41) is 7.38. The lowest BCUT2D eigenvalue weighted by atomic mass is 10.1. The summed E-state index contributed by atoms with van der Waals surface area (Å²) in [6.45, 7) is 5.62. The number of nitrogen functional groups attached to an aromatic ring is 1. The van der Waals surface area contributed by atoms with E-state index in [9.17, 15) is 14.4 Å². The maximum absolute atomic E-state index is 12.3. The molecule has 0 spiro atoms. The van der Waals surface area contributed by atoms with Gasteiger partial charge in [-0.25, -0.2) is 4.79 Å². The average Bonchev–Trinajstić information content (AvgIpc) is 2.82. The van der Waals surface area contributed by atoms with E-state index in [-0.39, 0.29) is 31.4 Å². The summed E-state index contributed by atoms with van der Waals surface area (Å²) in [5.74, 6) is -1.05. The third kappa shape index (κ3) is 8.23. The van der Waals surface area contributed by atoms with E-state index in [1.807, 2.05) is 0 Å². The Morgan fingerprint density at radius 2 is 1.68 bits per heavy atom. The SMILES string of the molecule is C=CCN(CC(=O)OCC)C(=O)C=CC=Cc1ccc(C(=O)Oc2ccc(C(=N)N)cc2)cc1. The predicted octanol–water partition coefficient (Wildman–Crippen LogP) is 3.34. The lowest BCUT2D eigenvalue weighted by Crippen LogP contribution is -2.35. The van der Waals surface area contributed by atoms with Gasteiger partial charge >= 0.3 is 11.9 Å². The molecule has 34 heavy (non-hydrogen) atoms. The topological polar surface area (TPSA) is 123 Å². The molecule has 2 aromatic carbocycles. The molecule has 0 saturated heterocycles. The number of allylic oxidation sites excluding steroid dienone is 2. The van der Waals surface area contributed by atoms with Gasteiger partial charge in [0, 0.05) is 18.2 Å². The zero-order chi connectivity index (χ0) is 24.9. The van der Waals surface area contributed by atoms with Crippen LogP contribution in [-0.2, 0) is 14.3 Å². The van der Waals surface area contributed by atoms with Crippen molar-refractivity contribution in [2.45, 2.75) is 6.92 Å². The van der Waals surface area contributed by atoms with Gasteiger partial charge in [-0.1, -0.05) is 36.4 Å². The summed E-state index contributed by atoms with van der Waals surface area (Å²) in [6.07, 6.45) is 7.90. The minimum atomic E-state index is -0.513. The molecular formula is C26H27N3O5. The van der Waals surface area contributed by atoms with Crippen molar-refractivity contribution in [3.63, 3.8) is 0 Å². The number of carbonyl (C=O) groups excluding carboxylic acids is 3. The van der Waals surface area contributed by atoms with Crippen LogP contribution in [-0.4, -0.2) is 48.3 Å². The summed E-state index contributed by atoms with van der Waals surface area (Å²) in [5.41, 5.74) is 7.14. The predicted molar refractivity (Wildman–Crippen MR) is 130 cm³/mol. The molecule has 0 aliphatic carbocycles. The molecule has 176 valence electrons. The van der Waals surface area contributed by atoms with E-state index in [2.05, 4.69) is 6.58 Å². The Morgan fingerprint density at radius 3 is 2.26 bits per heavy atom. The third-order valence-corrected chi connectivity index (χ3v) is 4.45. The van der Waals surface area contributed by atoms with Gasteiger partial charge in [-0.15, -0.1) is 6.58 Å². The minimum absolute atomic E-state index is 0.0634. The van der Waals surface area contributed by atoms with Crippen LogP contribution in [0.1, 0.15) is 28.4 Å². The standard InChI is InChI=1S/C26H27N3O5/c1-3-17-29(18-24(31)33-4-2)23(30)8-6-5-7-19-9-11-21(12-10-19)26(32)34-22-15-13-20(14-16-22)25(27)28/h3,5-16H,1,4,17-18H2,2H3,(H3,27,28). The van der Waals surface area contributed by atoms with Crippen LogP contribution >= 0.6 is 0 Å². The fourth-order valence-corrected chi connectivity index (χ4v) is 2.76. The second kappa shape index (κ2) is 13.2. The van der Waals surface area contributed by atoms with Crippen LogP contribution in [0.15, 0.2) is 79.4 Å². The van der Waals surface area contributed by atoms with Gasteiger partial charge in [-0.3, -0.25) is 15.0 Å². The lowest BCUT2D eigenvalue weighted by Gasteiger charge is -2.17. The van der Waals surface area contributed by atoms with Crippen molar-refractivity contribution in [2.75, 3.05) is 19.7 Å². The molecule has 0 bridgehead atoms. The highest BCUT2D eigenvalue weighted by Gasteiger charge is 2.14. The van der Waals surface area contributed by atoms with E-state index in [0.717, 1.165) is 5.56 Å². The Balaban J connectivity index is 1.93. The molecule has 8 nitrogen and oxygen atoms in total. The molecule has 0 heterocycles. The smallest absolute Gasteiger partial charge is 0.343 e. The average molecular weight is 462 g/mol. The van der Waals surface area contributed by atoms with Gasteiger partial charge < -0.3 is 20.1 Å². The number of hydrogen-bond donors (Lipinski definition) is 2. The molecule has 0 fully saturated rings. The Bertz CT molecular complexity index is 1090. The Hall–Kier alpha value is -4.46. The molecule has 0 aromatic heterocycles. The summed E-state index contributed by atoms with van der Waals surface area (Å²) < 4.78 is 10.2. The van der Waals surface area contributed by atoms with Crippen molar-refractivity contribution in [3.05, 3.63) is 96.1 Å². The van der Waals surface area contributed by atoms with Gasteiger partial charge in [0.1, 0.15) is 18.1 Å². The van der Waals surface area contributed by atoms with Crippen molar-refractivity contribution in [2.24, 2.45) is 5.73 Å². The van der Waals surface area contributed by atoms with Crippen LogP contribution in [0.25, 0.3) is 6.08 Å². The first kappa shape index (κ1) is 25.8. The van der Waals surface area contributed by atoms with Crippen molar-refractivity contribution in [1.82, 2.24) is 4.90 Å². The van der Waals surface area contributed by atoms with Crippen LogP contribution in [0, 0.1) is 5.41 Å². The van der Waals surface area contributed by atoms with E-state index < -0.39 is 11.9 Å². The summed E-state index contributed by atoms with van der Waals surface area (Å²) in [4.78, 5) is 37.6. The number of esters is 2. The van der Waals surface area contributed by atoms with Crippen LogP contribution in [0.5, 0.6) is 5.75 Å². The second-order valence-corrected chi connectivity index (χ2v) is 6.98. The Morgan fingerprint density at radius 1 is 1.03 bits per heavy atom. The first-order chi connectivity index (χ1) is 16.3. The number of amidine groups is 1. The van der Waals surface area contributed by atoms with Crippen LogP contribution in [0.2, 0.25) is 0 Å². The maximum Gasteiger partial charge on any atom is 0.343 e. The van der Waals surface area contributed by atoms with Gasteiger partial charge in [0.25, 0.3) is 0 Å². The van der Waals surface area contributed by atoms with Crippen molar-refractivity contribution in [1.29, 1.82) is 5.41 Å². The van der Waals surface area contributed by atoms with Crippen molar-refractivity contribution >= 4 is 29.8 Å². The van der Waals surface area contributed by atoms with E-state index in [0.29, 0.717) is 16.9 Å². The molecule has 1 amide bonds. The number of carbonyl (C=O) groups is 3. The summed E-state index contributed by atoms with van der Waals surface area (Å²) >= 11 is 0. The highest BCUT2D eigenvalue weighted by Crippen LogP contribution is 2.15. The van der Waals surface area contributed by atoms with Gasteiger partial charge in [-0.2, -0.15) is 0 Å². The van der Waals surface area contributed by atoms with Gasteiger partial charge in [0.05, 0.1) is 12.2 Å². The lowest BCUT2D eigenvalue weighted by molar-refractivity contribution is -0.147. The number of nitrogens with zero attached hydrogens (tertiary/aromatic N) is 1. The summed E-state index contributed by atoms with van der Waals surface area (Å²) in [7, 11) is 0. The van der Waals surface area contributed by atoms with Crippen LogP contribution in [0.3, 0.4) is 0 Å². The van der Waals surface area contributed by atoms with Crippen molar-refractivity contribution < 1.29 is 23.9 Å². The van der Waals surface area contributed by atoms with E-state index in [4.69, 9.17) is 20.6 Å². The molecule has 0 saturated carbocycles. The molecule has 0 aliphatic rings. The molecular weight excluding hydrogens is 434 g/mol. The molecule has 0 radical (unpaired) electrons. The molecule has 3 N–H and O–H groups in total.